The average Bonchev–Trinajstić information content (AvgIpc) is 2.35. The summed E-state index contributed by atoms with van der Waals surface area (Å²) in [6, 6.07) is 1.43. The van der Waals surface area contributed by atoms with Crippen molar-refractivity contribution in [1.29, 1.82) is 0 Å². The van der Waals surface area contributed by atoms with Crippen LogP contribution in [0.3, 0.4) is 0 Å². The van der Waals surface area contributed by atoms with Gasteiger partial charge >= 0.3 is 0 Å². The van der Waals surface area contributed by atoms with Crippen LogP contribution in [0.25, 0.3) is 0 Å². The van der Waals surface area contributed by atoms with Crippen LogP contribution in [0.2, 0.25) is 0 Å². The fraction of sp³-hybridized carbons (Fsp3) is 1.00. The number of rotatable bonds is 5. The highest BCUT2D eigenvalue weighted by Gasteiger charge is 2.42. The molecule has 0 radical (unpaired) electrons. The van der Waals surface area contributed by atoms with Gasteiger partial charge in [0.25, 0.3) is 0 Å². The van der Waals surface area contributed by atoms with Crippen LogP contribution < -0.4 is 5.32 Å². The standard InChI is InChI=1S/C15H30N2O/c1-5-15(6-2)11-17(12(4)10-16-15)13-8-14(9-13)18-7-3/h12-14,16H,5-11H2,1-4H3. The monoisotopic (exact) mass is 254 g/mol. The summed E-state index contributed by atoms with van der Waals surface area (Å²) in [4.78, 5) is 2.74. The van der Waals surface area contributed by atoms with Crippen LogP contribution in [0.4, 0.5) is 0 Å². The molecule has 2 fully saturated rings. The summed E-state index contributed by atoms with van der Waals surface area (Å²) < 4.78 is 5.70. The molecule has 1 saturated heterocycles. The van der Waals surface area contributed by atoms with Crippen molar-refractivity contribution in [2.75, 3.05) is 19.7 Å². The van der Waals surface area contributed by atoms with Crippen LogP contribution in [0.15, 0.2) is 0 Å². The van der Waals surface area contributed by atoms with Crippen molar-refractivity contribution in [3.63, 3.8) is 0 Å². The van der Waals surface area contributed by atoms with E-state index in [4.69, 9.17) is 4.74 Å². The van der Waals surface area contributed by atoms with Crippen molar-refractivity contribution < 1.29 is 4.74 Å². The van der Waals surface area contributed by atoms with Crippen LogP contribution in [0.5, 0.6) is 0 Å². The maximum atomic E-state index is 5.70. The first-order chi connectivity index (χ1) is 8.64. The van der Waals surface area contributed by atoms with Crippen molar-refractivity contribution in [2.45, 2.75) is 77.1 Å². The molecule has 2 aliphatic rings. The van der Waals surface area contributed by atoms with E-state index in [0.29, 0.717) is 17.7 Å². The third-order valence-electron chi connectivity index (χ3n) is 5.12. The van der Waals surface area contributed by atoms with Gasteiger partial charge in [0.2, 0.25) is 0 Å². The zero-order valence-corrected chi connectivity index (χ0v) is 12.5. The SMILES string of the molecule is CCOC1CC(N2CC(CC)(CC)NCC2C)C1. The van der Waals surface area contributed by atoms with Crippen LogP contribution in [0, 0.1) is 0 Å². The summed E-state index contributed by atoms with van der Waals surface area (Å²) in [6.45, 7) is 12.3. The molecule has 3 heteroatoms. The Morgan fingerprint density at radius 1 is 1.22 bits per heavy atom. The van der Waals surface area contributed by atoms with E-state index >= 15 is 0 Å². The molecule has 1 atom stereocenters. The second-order valence-electron chi connectivity index (χ2n) is 6.09. The largest absolute Gasteiger partial charge is 0.378 e. The topological polar surface area (TPSA) is 24.5 Å². The first-order valence-electron chi connectivity index (χ1n) is 7.76. The van der Waals surface area contributed by atoms with E-state index in [-0.39, 0.29) is 0 Å². The molecule has 0 bridgehead atoms. The van der Waals surface area contributed by atoms with E-state index in [0.717, 1.165) is 19.2 Å². The molecule has 3 nitrogen and oxygen atoms in total. The van der Waals surface area contributed by atoms with Crippen LogP contribution in [-0.2, 0) is 4.74 Å². The van der Waals surface area contributed by atoms with Gasteiger partial charge in [0.05, 0.1) is 6.10 Å². The highest BCUT2D eigenvalue weighted by atomic mass is 16.5. The van der Waals surface area contributed by atoms with Crippen LogP contribution >= 0.6 is 0 Å². The summed E-state index contributed by atoms with van der Waals surface area (Å²) in [5.41, 5.74) is 0.350. The molecule has 1 aliphatic heterocycles. The Morgan fingerprint density at radius 2 is 1.89 bits per heavy atom. The number of piperazine rings is 1. The summed E-state index contributed by atoms with van der Waals surface area (Å²) in [5, 5.41) is 3.78. The lowest BCUT2D eigenvalue weighted by Gasteiger charge is -2.53. The minimum absolute atomic E-state index is 0.350. The summed E-state index contributed by atoms with van der Waals surface area (Å²) >= 11 is 0. The Bertz CT molecular complexity index is 259. The van der Waals surface area contributed by atoms with Gasteiger partial charge in [0.15, 0.2) is 0 Å². The number of nitrogens with one attached hydrogen (secondary N) is 1. The molecule has 1 N–H and O–H groups in total. The van der Waals surface area contributed by atoms with Gasteiger partial charge in [-0.3, -0.25) is 4.90 Å². The zero-order chi connectivity index (χ0) is 13.2. The molecule has 106 valence electrons. The first-order valence-corrected chi connectivity index (χ1v) is 7.76. The number of ether oxygens (including phenoxy) is 1. The minimum Gasteiger partial charge on any atom is -0.378 e. The van der Waals surface area contributed by atoms with Gasteiger partial charge in [0.1, 0.15) is 0 Å². The molecule has 18 heavy (non-hydrogen) atoms. The number of nitrogens with zero attached hydrogens (tertiary/aromatic N) is 1. The Hall–Kier alpha value is -0.120. The molecule has 0 aromatic heterocycles. The lowest BCUT2D eigenvalue weighted by molar-refractivity contribution is -0.0734. The average molecular weight is 254 g/mol. The van der Waals surface area contributed by atoms with Crippen molar-refractivity contribution in [3.05, 3.63) is 0 Å². The highest BCUT2D eigenvalue weighted by Crippen LogP contribution is 2.33. The molecule has 1 unspecified atom stereocenters. The molecular weight excluding hydrogens is 224 g/mol. The van der Waals surface area contributed by atoms with Gasteiger partial charge < -0.3 is 10.1 Å². The van der Waals surface area contributed by atoms with Crippen molar-refractivity contribution in [1.82, 2.24) is 10.2 Å². The Balaban J connectivity index is 1.91. The Morgan fingerprint density at radius 3 is 2.44 bits per heavy atom. The molecule has 2 rings (SSSR count). The molecule has 1 aliphatic carbocycles. The third kappa shape index (κ3) is 2.73. The van der Waals surface area contributed by atoms with E-state index in [1.807, 2.05) is 0 Å². The zero-order valence-electron chi connectivity index (χ0n) is 12.5. The van der Waals surface area contributed by atoms with Crippen molar-refractivity contribution >= 4 is 0 Å². The van der Waals surface area contributed by atoms with E-state index in [1.165, 1.54) is 32.2 Å². The second kappa shape index (κ2) is 5.89. The molecule has 1 saturated carbocycles. The van der Waals surface area contributed by atoms with Crippen molar-refractivity contribution in [3.8, 4) is 0 Å². The Labute approximate surface area is 112 Å². The normalized spacial score (nSPS) is 36.3. The smallest absolute Gasteiger partial charge is 0.0604 e. The summed E-state index contributed by atoms with van der Waals surface area (Å²) in [6.07, 6.45) is 5.46. The van der Waals surface area contributed by atoms with Gasteiger partial charge in [-0.05, 0) is 39.5 Å². The predicted molar refractivity (Wildman–Crippen MR) is 75.9 cm³/mol. The minimum atomic E-state index is 0.350. The van der Waals surface area contributed by atoms with Gasteiger partial charge in [-0.25, -0.2) is 0 Å². The predicted octanol–water partition coefficient (Wildman–Crippen LogP) is 2.41. The first kappa shape index (κ1) is 14.3. The molecular formula is C15H30N2O. The van der Waals surface area contributed by atoms with Crippen LogP contribution in [-0.4, -0.2) is 48.3 Å². The summed E-state index contributed by atoms with van der Waals surface area (Å²) in [7, 11) is 0. The summed E-state index contributed by atoms with van der Waals surface area (Å²) in [5.74, 6) is 0. The van der Waals surface area contributed by atoms with E-state index < -0.39 is 0 Å². The molecule has 0 aromatic rings. The van der Waals surface area contributed by atoms with E-state index in [2.05, 4.69) is 37.9 Å². The quantitative estimate of drug-likeness (QED) is 0.815. The second-order valence-corrected chi connectivity index (χ2v) is 6.09. The molecule has 0 spiro atoms. The highest BCUT2D eigenvalue weighted by molar-refractivity contribution is 5.00. The Kier molecular flexibility index (Phi) is 4.68. The number of hydrogen-bond donors (Lipinski definition) is 1. The fourth-order valence-electron chi connectivity index (χ4n) is 3.44. The fourth-order valence-corrected chi connectivity index (χ4v) is 3.44. The third-order valence-corrected chi connectivity index (χ3v) is 5.12. The lowest BCUT2D eigenvalue weighted by atomic mass is 9.82. The maximum absolute atomic E-state index is 5.70. The number of hydrogen-bond acceptors (Lipinski definition) is 3. The van der Waals surface area contributed by atoms with Gasteiger partial charge in [0, 0.05) is 37.3 Å². The molecule has 0 aromatic carbocycles. The van der Waals surface area contributed by atoms with Crippen molar-refractivity contribution in [2.24, 2.45) is 0 Å². The van der Waals surface area contributed by atoms with Gasteiger partial charge in [-0.1, -0.05) is 13.8 Å². The van der Waals surface area contributed by atoms with E-state index in [1.54, 1.807) is 0 Å². The maximum Gasteiger partial charge on any atom is 0.0604 e. The van der Waals surface area contributed by atoms with Crippen LogP contribution in [0.1, 0.15) is 53.4 Å². The van der Waals surface area contributed by atoms with E-state index in [9.17, 15) is 0 Å². The molecule has 1 heterocycles. The lowest BCUT2D eigenvalue weighted by Crippen LogP contribution is -2.67. The molecule has 0 amide bonds. The van der Waals surface area contributed by atoms with Gasteiger partial charge in [-0.2, -0.15) is 0 Å². The van der Waals surface area contributed by atoms with Gasteiger partial charge in [-0.15, -0.1) is 0 Å².